The Balaban J connectivity index is 1.73. The van der Waals surface area contributed by atoms with Crippen LogP contribution < -0.4 is 5.32 Å². The molecule has 0 bridgehead atoms. The zero-order chi connectivity index (χ0) is 20.6. The summed E-state index contributed by atoms with van der Waals surface area (Å²) in [7, 11) is -3.15. The zero-order valence-electron chi connectivity index (χ0n) is 15.1. The minimum atomic E-state index is -3.15. The van der Waals surface area contributed by atoms with Gasteiger partial charge in [0.2, 0.25) is 5.91 Å². The first-order valence-electron chi connectivity index (χ1n) is 8.86. The number of benzene rings is 2. The van der Waals surface area contributed by atoms with Gasteiger partial charge in [-0.3, -0.25) is 4.79 Å². The van der Waals surface area contributed by atoms with E-state index in [0.717, 1.165) is 16.0 Å². The van der Waals surface area contributed by atoms with Crippen molar-refractivity contribution in [2.75, 3.05) is 16.8 Å². The Hall–Kier alpha value is -1.93. The molecule has 0 saturated carbocycles. The molecule has 1 aliphatic heterocycles. The highest BCUT2D eigenvalue weighted by Crippen LogP contribution is 2.43. The van der Waals surface area contributed by atoms with Gasteiger partial charge in [-0.25, -0.2) is 13.4 Å². The lowest BCUT2D eigenvalue weighted by molar-refractivity contribution is -0.119. The Morgan fingerprint density at radius 1 is 1.03 bits per heavy atom. The van der Waals surface area contributed by atoms with Crippen LogP contribution in [0.3, 0.4) is 0 Å². The van der Waals surface area contributed by atoms with Crippen molar-refractivity contribution < 1.29 is 13.2 Å². The van der Waals surface area contributed by atoms with Gasteiger partial charge in [-0.05, 0) is 18.6 Å². The van der Waals surface area contributed by atoms with Gasteiger partial charge >= 0.3 is 0 Å². The number of nitrogens with one attached hydrogen (secondary N) is 1. The van der Waals surface area contributed by atoms with Gasteiger partial charge in [0.15, 0.2) is 15.0 Å². The maximum absolute atomic E-state index is 12.6. The molecule has 5 nitrogen and oxygen atoms in total. The molecule has 1 aliphatic rings. The van der Waals surface area contributed by atoms with Crippen LogP contribution in [-0.2, 0) is 14.6 Å². The summed E-state index contributed by atoms with van der Waals surface area (Å²) >= 11 is 14.1. The van der Waals surface area contributed by atoms with Crippen molar-refractivity contribution in [1.29, 1.82) is 0 Å². The van der Waals surface area contributed by atoms with E-state index in [-0.39, 0.29) is 17.4 Å². The van der Waals surface area contributed by atoms with E-state index in [1.165, 1.54) is 11.3 Å². The van der Waals surface area contributed by atoms with E-state index in [1.54, 1.807) is 12.1 Å². The van der Waals surface area contributed by atoms with E-state index < -0.39 is 15.8 Å². The van der Waals surface area contributed by atoms with Gasteiger partial charge in [-0.1, -0.05) is 70.9 Å². The SMILES string of the molecule is O=C(Nc1nc(-c2ccccc2Cl)c(-c2ccccc2Cl)s1)[C@@H]1CCS(=O)(=O)C1. The average Bonchev–Trinajstić information content (AvgIpc) is 3.25. The predicted octanol–water partition coefficient (Wildman–Crippen LogP) is 5.16. The average molecular weight is 467 g/mol. The Morgan fingerprint density at radius 2 is 1.66 bits per heavy atom. The molecule has 2 aromatic carbocycles. The molecule has 0 unspecified atom stereocenters. The van der Waals surface area contributed by atoms with Gasteiger partial charge in [-0.2, -0.15) is 0 Å². The van der Waals surface area contributed by atoms with Crippen molar-refractivity contribution in [3.63, 3.8) is 0 Å². The fourth-order valence-electron chi connectivity index (χ4n) is 3.25. The predicted molar refractivity (Wildman–Crippen MR) is 118 cm³/mol. The number of carbonyl (C=O) groups excluding carboxylic acids is 1. The van der Waals surface area contributed by atoms with Crippen molar-refractivity contribution in [2.24, 2.45) is 5.92 Å². The maximum atomic E-state index is 12.6. The van der Waals surface area contributed by atoms with E-state index in [4.69, 9.17) is 23.2 Å². The van der Waals surface area contributed by atoms with Crippen molar-refractivity contribution >= 4 is 55.4 Å². The summed E-state index contributed by atoms with van der Waals surface area (Å²) in [5.74, 6) is -0.981. The lowest BCUT2D eigenvalue weighted by Crippen LogP contribution is -2.23. The molecule has 1 N–H and O–H groups in total. The molecule has 0 radical (unpaired) electrons. The Morgan fingerprint density at radius 3 is 2.24 bits per heavy atom. The highest BCUT2D eigenvalue weighted by molar-refractivity contribution is 7.91. The number of amides is 1. The summed E-state index contributed by atoms with van der Waals surface area (Å²) in [6.07, 6.45) is 0.328. The first-order chi connectivity index (χ1) is 13.8. The Labute approximate surface area is 182 Å². The van der Waals surface area contributed by atoms with Gasteiger partial charge in [0.05, 0.1) is 33.0 Å². The zero-order valence-corrected chi connectivity index (χ0v) is 18.2. The molecule has 0 spiro atoms. The first kappa shape index (κ1) is 20.3. The number of halogens is 2. The summed E-state index contributed by atoms with van der Waals surface area (Å²) in [5, 5.41) is 4.25. The molecule has 3 aromatic rings. The third-order valence-electron chi connectivity index (χ3n) is 4.71. The van der Waals surface area contributed by atoms with Crippen LogP contribution in [0.15, 0.2) is 48.5 Å². The molecule has 9 heteroatoms. The van der Waals surface area contributed by atoms with Crippen LogP contribution in [0.1, 0.15) is 6.42 Å². The number of anilines is 1. The monoisotopic (exact) mass is 466 g/mol. The lowest BCUT2D eigenvalue weighted by atomic mass is 10.1. The fraction of sp³-hybridized carbons (Fsp3) is 0.200. The molecule has 150 valence electrons. The van der Waals surface area contributed by atoms with Gasteiger partial charge in [0, 0.05) is 16.1 Å². The highest BCUT2D eigenvalue weighted by atomic mass is 35.5. The molecule has 1 amide bonds. The second-order valence-corrected chi connectivity index (χ2v) is 10.8. The highest BCUT2D eigenvalue weighted by Gasteiger charge is 2.33. The number of aromatic nitrogens is 1. The standard InChI is InChI=1S/C20H16Cl2N2O3S2/c21-15-7-3-1-5-13(15)17-18(14-6-2-4-8-16(14)22)28-20(23-17)24-19(25)12-9-10-29(26,27)11-12/h1-8,12H,9-11H2,(H,23,24,25)/t12-/m1/s1. The molecule has 2 heterocycles. The lowest BCUT2D eigenvalue weighted by Gasteiger charge is -2.06. The van der Waals surface area contributed by atoms with Crippen LogP contribution in [0.2, 0.25) is 10.0 Å². The van der Waals surface area contributed by atoms with E-state index in [0.29, 0.717) is 27.3 Å². The van der Waals surface area contributed by atoms with Crippen LogP contribution in [0.5, 0.6) is 0 Å². The number of nitrogens with zero attached hydrogens (tertiary/aromatic N) is 1. The molecule has 29 heavy (non-hydrogen) atoms. The van der Waals surface area contributed by atoms with Crippen molar-refractivity contribution in [1.82, 2.24) is 4.98 Å². The van der Waals surface area contributed by atoms with Crippen LogP contribution in [-0.4, -0.2) is 30.8 Å². The normalized spacial score (nSPS) is 17.9. The summed E-state index contributed by atoms with van der Waals surface area (Å²) in [6, 6.07) is 14.7. The van der Waals surface area contributed by atoms with E-state index in [2.05, 4.69) is 10.3 Å². The number of hydrogen-bond donors (Lipinski definition) is 1. The smallest absolute Gasteiger partial charge is 0.230 e. The second-order valence-electron chi connectivity index (χ2n) is 6.75. The summed E-state index contributed by atoms with van der Waals surface area (Å²) in [4.78, 5) is 17.9. The molecule has 4 rings (SSSR count). The quantitative estimate of drug-likeness (QED) is 0.575. The minimum Gasteiger partial charge on any atom is -0.302 e. The number of rotatable bonds is 4. The molecule has 1 atom stereocenters. The Kier molecular flexibility index (Phi) is 5.66. The molecule has 1 fully saturated rings. The number of sulfone groups is 1. The van der Waals surface area contributed by atoms with Crippen LogP contribution >= 0.6 is 34.5 Å². The van der Waals surface area contributed by atoms with Crippen LogP contribution in [0.25, 0.3) is 21.7 Å². The third-order valence-corrected chi connectivity index (χ3v) is 8.14. The second kappa shape index (κ2) is 8.07. The Bertz CT molecular complexity index is 1130. The van der Waals surface area contributed by atoms with Gasteiger partial charge in [0.1, 0.15) is 0 Å². The fourth-order valence-corrected chi connectivity index (χ4v) is 6.52. The maximum Gasteiger partial charge on any atom is 0.230 e. The first-order valence-corrected chi connectivity index (χ1v) is 12.3. The number of thiazole rings is 1. The van der Waals surface area contributed by atoms with Gasteiger partial charge in [0.25, 0.3) is 0 Å². The molecule has 1 saturated heterocycles. The van der Waals surface area contributed by atoms with E-state index in [9.17, 15) is 13.2 Å². The summed E-state index contributed by atoms with van der Waals surface area (Å²) in [5.41, 5.74) is 2.12. The molecule has 0 aliphatic carbocycles. The molecular formula is C20H16Cl2N2O3S2. The van der Waals surface area contributed by atoms with Crippen molar-refractivity contribution in [3.05, 3.63) is 58.6 Å². The van der Waals surface area contributed by atoms with Gasteiger partial charge < -0.3 is 5.32 Å². The minimum absolute atomic E-state index is 0.0404. The molecular weight excluding hydrogens is 451 g/mol. The third kappa shape index (κ3) is 4.33. The van der Waals surface area contributed by atoms with Crippen LogP contribution in [0, 0.1) is 5.92 Å². The van der Waals surface area contributed by atoms with Crippen LogP contribution in [0.4, 0.5) is 5.13 Å². The van der Waals surface area contributed by atoms with E-state index >= 15 is 0 Å². The summed E-state index contributed by atoms with van der Waals surface area (Å²) in [6.45, 7) is 0. The van der Waals surface area contributed by atoms with Gasteiger partial charge in [-0.15, -0.1) is 0 Å². The number of carbonyl (C=O) groups is 1. The largest absolute Gasteiger partial charge is 0.302 e. The topological polar surface area (TPSA) is 76.1 Å². The van der Waals surface area contributed by atoms with E-state index in [1.807, 2.05) is 36.4 Å². The number of hydrogen-bond acceptors (Lipinski definition) is 5. The summed E-state index contributed by atoms with van der Waals surface area (Å²) < 4.78 is 23.4. The van der Waals surface area contributed by atoms with Crippen molar-refractivity contribution in [2.45, 2.75) is 6.42 Å². The van der Waals surface area contributed by atoms with Crippen molar-refractivity contribution in [3.8, 4) is 21.7 Å². The molecule has 1 aromatic heterocycles.